The van der Waals surface area contributed by atoms with Gasteiger partial charge in [-0.25, -0.2) is 0 Å². The van der Waals surface area contributed by atoms with E-state index in [2.05, 4.69) is 41.5 Å². The van der Waals surface area contributed by atoms with Crippen LogP contribution in [0.3, 0.4) is 0 Å². The van der Waals surface area contributed by atoms with Crippen LogP contribution in [-0.4, -0.2) is 0 Å². The topological polar surface area (TPSA) is 0 Å². The predicted octanol–water partition coefficient (Wildman–Crippen LogP) is 11.4. The molecule has 0 nitrogen and oxygen atoms in total. The second-order valence-electron chi connectivity index (χ2n) is 12.5. The average Bonchev–Trinajstić information content (AvgIpc) is 3.46. The first kappa shape index (κ1) is 28.2. The van der Waals surface area contributed by atoms with E-state index in [-0.39, 0.29) is 0 Å². The van der Waals surface area contributed by atoms with Crippen molar-refractivity contribution in [1.82, 2.24) is 0 Å². The summed E-state index contributed by atoms with van der Waals surface area (Å²) in [5.74, 6) is 3.98. The van der Waals surface area contributed by atoms with Gasteiger partial charge in [0.05, 0.1) is 0 Å². The lowest BCUT2D eigenvalue weighted by Gasteiger charge is -2.39. The Morgan fingerprint density at radius 2 is 1.19 bits per heavy atom. The molecule has 2 aliphatic carbocycles. The summed E-state index contributed by atoms with van der Waals surface area (Å²) in [6.45, 7) is 14.6. The van der Waals surface area contributed by atoms with Crippen LogP contribution in [0.4, 0.5) is 0 Å². The standard InChI is InChI=1S/C32H62/c1-7-13-15-20-30(29(12-6)21-16-19-28(11-5)18-14-8-2)25-32(24-27(9-3)10-4)26-31(32)22-17-23-31/h27-30H,7-26H2,1-6H3. The van der Waals surface area contributed by atoms with Crippen LogP contribution in [0.5, 0.6) is 0 Å². The Labute approximate surface area is 204 Å². The molecule has 0 radical (unpaired) electrons. The zero-order valence-corrected chi connectivity index (χ0v) is 23.5. The van der Waals surface area contributed by atoms with Crippen LogP contribution in [0.2, 0.25) is 0 Å². The molecular weight excluding hydrogens is 384 g/mol. The first-order chi connectivity index (χ1) is 15.5. The van der Waals surface area contributed by atoms with Gasteiger partial charge < -0.3 is 0 Å². The maximum absolute atomic E-state index is 2.52. The lowest BCUT2D eigenvalue weighted by Crippen LogP contribution is -2.28. The van der Waals surface area contributed by atoms with Crippen molar-refractivity contribution in [2.24, 2.45) is 34.5 Å². The minimum atomic E-state index is 0.749. The van der Waals surface area contributed by atoms with Crippen molar-refractivity contribution in [2.75, 3.05) is 0 Å². The number of hydrogen-bond donors (Lipinski definition) is 0. The van der Waals surface area contributed by atoms with Gasteiger partial charge in [-0.1, -0.05) is 138 Å². The van der Waals surface area contributed by atoms with E-state index >= 15 is 0 Å². The van der Waals surface area contributed by atoms with E-state index in [4.69, 9.17) is 0 Å². The van der Waals surface area contributed by atoms with Gasteiger partial charge in [0.1, 0.15) is 0 Å². The smallest absolute Gasteiger partial charge is 0.0230 e. The first-order valence-electron chi connectivity index (χ1n) is 15.5. The van der Waals surface area contributed by atoms with Crippen LogP contribution < -0.4 is 0 Å². The minimum Gasteiger partial charge on any atom is -0.0654 e. The maximum atomic E-state index is 2.52. The van der Waals surface area contributed by atoms with E-state index in [1.54, 1.807) is 32.1 Å². The molecule has 32 heavy (non-hydrogen) atoms. The lowest BCUT2D eigenvalue weighted by atomic mass is 9.66. The highest BCUT2D eigenvalue weighted by Gasteiger charge is 2.68. The zero-order valence-electron chi connectivity index (χ0n) is 23.5. The minimum absolute atomic E-state index is 0.749. The summed E-state index contributed by atoms with van der Waals surface area (Å²) in [5.41, 5.74) is 1.56. The molecule has 0 aromatic rings. The molecule has 0 heteroatoms. The third-order valence-electron chi connectivity index (χ3n) is 10.6. The van der Waals surface area contributed by atoms with E-state index in [1.165, 1.54) is 96.3 Å². The molecule has 0 N–H and O–H groups in total. The maximum Gasteiger partial charge on any atom is -0.0230 e. The van der Waals surface area contributed by atoms with Crippen LogP contribution in [0.1, 0.15) is 170 Å². The number of rotatable bonds is 20. The number of hydrogen-bond acceptors (Lipinski definition) is 0. The van der Waals surface area contributed by atoms with E-state index in [1.807, 2.05) is 0 Å². The molecule has 1 spiro atoms. The molecule has 4 unspecified atom stereocenters. The largest absolute Gasteiger partial charge is 0.0654 e. The molecule has 0 aromatic carbocycles. The fourth-order valence-corrected chi connectivity index (χ4v) is 7.85. The highest BCUT2D eigenvalue weighted by molar-refractivity contribution is 5.18. The highest BCUT2D eigenvalue weighted by atomic mass is 14.7. The summed E-state index contributed by atoms with van der Waals surface area (Å²) >= 11 is 0. The van der Waals surface area contributed by atoms with Crippen molar-refractivity contribution >= 4 is 0 Å². The van der Waals surface area contributed by atoms with E-state index < -0.39 is 0 Å². The van der Waals surface area contributed by atoms with Gasteiger partial charge in [0.2, 0.25) is 0 Å². The molecule has 0 bridgehead atoms. The summed E-state index contributed by atoms with van der Waals surface area (Å²) in [6, 6.07) is 0. The van der Waals surface area contributed by atoms with Gasteiger partial charge in [-0.05, 0) is 66.6 Å². The van der Waals surface area contributed by atoms with Gasteiger partial charge in [0.15, 0.2) is 0 Å². The van der Waals surface area contributed by atoms with Gasteiger partial charge in [-0.2, -0.15) is 0 Å². The molecule has 0 amide bonds. The molecule has 190 valence electrons. The van der Waals surface area contributed by atoms with Crippen molar-refractivity contribution in [3.8, 4) is 0 Å². The summed E-state index contributed by atoms with van der Waals surface area (Å²) in [6.07, 6.45) is 29.7. The van der Waals surface area contributed by atoms with E-state index in [9.17, 15) is 0 Å². The van der Waals surface area contributed by atoms with Crippen LogP contribution in [0.15, 0.2) is 0 Å². The zero-order chi connectivity index (χ0) is 23.5. The van der Waals surface area contributed by atoms with Crippen molar-refractivity contribution in [2.45, 2.75) is 170 Å². The SMILES string of the molecule is CCCCCC(CC1(CC(CC)CC)CC12CCC2)C(CC)CCCC(CC)CCCC. The Kier molecular flexibility index (Phi) is 12.7. The molecule has 0 heterocycles. The molecule has 2 fully saturated rings. The third kappa shape index (κ3) is 7.50. The van der Waals surface area contributed by atoms with Gasteiger partial charge in [0.25, 0.3) is 0 Å². The van der Waals surface area contributed by atoms with Crippen LogP contribution in [-0.2, 0) is 0 Å². The van der Waals surface area contributed by atoms with Gasteiger partial charge in [-0.3, -0.25) is 0 Å². The van der Waals surface area contributed by atoms with Crippen molar-refractivity contribution in [3.63, 3.8) is 0 Å². The Morgan fingerprint density at radius 3 is 1.69 bits per heavy atom. The van der Waals surface area contributed by atoms with Gasteiger partial charge >= 0.3 is 0 Å². The van der Waals surface area contributed by atoms with Crippen LogP contribution >= 0.6 is 0 Å². The van der Waals surface area contributed by atoms with Crippen molar-refractivity contribution in [1.29, 1.82) is 0 Å². The fraction of sp³-hybridized carbons (Fsp3) is 1.00. The van der Waals surface area contributed by atoms with Gasteiger partial charge in [-0.15, -0.1) is 0 Å². The molecule has 2 saturated carbocycles. The monoisotopic (exact) mass is 446 g/mol. The molecule has 0 aliphatic heterocycles. The second kappa shape index (κ2) is 14.4. The molecule has 0 aromatic heterocycles. The van der Waals surface area contributed by atoms with E-state index in [0.29, 0.717) is 0 Å². The third-order valence-corrected chi connectivity index (χ3v) is 10.6. The Balaban J connectivity index is 2.02. The Hall–Kier alpha value is 0. The molecule has 2 rings (SSSR count). The van der Waals surface area contributed by atoms with E-state index in [0.717, 1.165) is 34.5 Å². The fourth-order valence-electron chi connectivity index (χ4n) is 7.85. The Bertz CT molecular complexity index is 470. The normalized spacial score (nSPS) is 24.5. The quantitative estimate of drug-likeness (QED) is 0.163. The summed E-state index contributed by atoms with van der Waals surface area (Å²) < 4.78 is 0. The summed E-state index contributed by atoms with van der Waals surface area (Å²) in [7, 11) is 0. The molecule has 2 aliphatic rings. The van der Waals surface area contributed by atoms with Crippen LogP contribution in [0, 0.1) is 34.5 Å². The Morgan fingerprint density at radius 1 is 0.562 bits per heavy atom. The van der Waals surface area contributed by atoms with Crippen LogP contribution in [0.25, 0.3) is 0 Å². The summed E-state index contributed by atoms with van der Waals surface area (Å²) in [5, 5.41) is 0. The molecule has 4 atom stereocenters. The lowest BCUT2D eigenvalue weighted by molar-refractivity contribution is 0.116. The van der Waals surface area contributed by atoms with Crippen molar-refractivity contribution < 1.29 is 0 Å². The predicted molar refractivity (Wildman–Crippen MR) is 145 cm³/mol. The molecule has 0 saturated heterocycles. The van der Waals surface area contributed by atoms with Gasteiger partial charge in [0, 0.05) is 0 Å². The molecular formula is C32H62. The average molecular weight is 447 g/mol. The first-order valence-corrected chi connectivity index (χ1v) is 15.5. The number of unbranched alkanes of at least 4 members (excludes halogenated alkanes) is 3. The summed E-state index contributed by atoms with van der Waals surface area (Å²) in [4.78, 5) is 0. The second-order valence-corrected chi connectivity index (χ2v) is 12.5. The highest BCUT2D eigenvalue weighted by Crippen LogP contribution is 2.78. The van der Waals surface area contributed by atoms with Crippen molar-refractivity contribution in [3.05, 3.63) is 0 Å².